The average molecular weight is 1030 g/mol. The Kier molecular flexibility index (Phi) is 13.7. The molecular weight excluding hydrogens is 968 g/mol. The number of nitrogens with one attached hydrogen (secondary N) is 2. The number of ether oxygens (including phenoxy) is 1. The normalized spacial score (nSPS) is 20.2. The minimum atomic E-state index is -0.834. The van der Waals surface area contributed by atoms with Gasteiger partial charge in [0.05, 0.1) is 46.6 Å². The zero-order valence-corrected chi connectivity index (χ0v) is 43.6. The first-order valence-corrected chi connectivity index (χ1v) is 26.4. The third-order valence-corrected chi connectivity index (χ3v) is 16.5. The summed E-state index contributed by atoms with van der Waals surface area (Å²) in [5.41, 5.74) is 10.3. The number of fused-ring (bicyclic) bond motifs is 3. The summed E-state index contributed by atoms with van der Waals surface area (Å²) in [4.78, 5) is 55.4. The standard InChI is InChI=1S/C54H57ClN10O5S2/c1-28(2)49(53(69)63-26-41(66)22-45(63)52(68)58-30(4)34-11-13-36(14-12-34)50-31(5)56-27-71-50)64-25-38(24-57-64)37-9-8-10-42(19-37)70-43-20-40(21-43)59-46(67)23-44-51-62-61-33(7)65(51)54-47(29(3)32(6)72-54)48(60-44)35-15-17-39(55)18-16-35/h8-19,24-25,27-28,30,40-41,43-45,49,66H,20-23,26H2,1-7H3,(H,58,68)(H,59,67)/t30-,40-,41+,43-,44-,45-,49?/m0/s1. The average Bonchev–Trinajstić information content (AvgIpc) is 4.19. The lowest BCUT2D eigenvalue weighted by atomic mass is 9.89. The van der Waals surface area contributed by atoms with Crippen LogP contribution in [0.2, 0.25) is 5.02 Å². The van der Waals surface area contributed by atoms with Gasteiger partial charge in [-0.25, -0.2) is 4.98 Å². The highest BCUT2D eigenvalue weighted by molar-refractivity contribution is 7.15. The Morgan fingerprint density at radius 2 is 1.67 bits per heavy atom. The number of thiazole rings is 1. The second kappa shape index (κ2) is 20.2. The molecule has 5 atom stereocenters. The van der Waals surface area contributed by atoms with Gasteiger partial charge in [-0.05, 0) is 87.1 Å². The Balaban J connectivity index is 0.762. The van der Waals surface area contributed by atoms with E-state index in [0.717, 1.165) is 66.1 Å². The summed E-state index contributed by atoms with van der Waals surface area (Å²) in [6, 6.07) is 20.9. The van der Waals surface area contributed by atoms with Crippen LogP contribution < -0.4 is 15.4 Å². The monoisotopic (exact) mass is 1020 g/mol. The molecule has 0 bridgehead atoms. The van der Waals surface area contributed by atoms with Gasteiger partial charge < -0.3 is 25.4 Å². The fraction of sp³-hybridized carbons (Fsp3) is 0.370. The molecule has 6 heterocycles. The number of aliphatic hydroxyl groups excluding tert-OH is 1. The number of aliphatic hydroxyl groups is 1. The SMILES string of the molecule is Cc1ncsc1-c1ccc([C@H](C)NC(=O)[C@@H]2C[C@@H](O)CN2C(=O)C(C(C)C)n2cc(-c3cccc(O[C@H]4C[C@H](NC(=O)C[C@@H]5N=C(c6ccc(Cl)cc6)c6c(sc(C)c6C)-n6c(C)nnc65)C4)c3)cn2)cc1. The molecule has 7 aromatic rings. The number of amides is 3. The predicted octanol–water partition coefficient (Wildman–Crippen LogP) is 9.25. The topological polar surface area (TPSA) is 182 Å². The predicted molar refractivity (Wildman–Crippen MR) is 280 cm³/mol. The van der Waals surface area contributed by atoms with E-state index in [9.17, 15) is 19.5 Å². The number of aromatic nitrogens is 6. The quantitative estimate of drug-likeness (QED) is 0.0957. The maximum atomic E-state index is 14.4. The summed E-state index contributed by atoms with van der Waals surface area (Å²) in [6.45, 7) is 14.0. The molecule has 0 radical (unpaired) electrons. The summed E-state index contributed by atoms with van der Waals surface area (Å²) in [7, 11) is 0. The first-order chi connectivity index (χ1) is 34.6. The van der Waals surface area contributed by atoms with Gasteiger partial charge in [-0.3, -0.25) is 28.6 Å². The molecule has 3 amide bonds. The number of thiophene rings is 1. The number of aliphatic imine (C=N–C) groups is 1. The smallest absolute Gasteiger partial charge is 0.248 e. The van der Waals surface area contributed by atoms with E-state index in [2.05, 4.69) is 44.8 Å². The van der Waals surface area contributed by atoms with Gasteiger partial charge in [0.25, 0.3) is 0 Å². The van der Waals surface area contributed by atoms with Crippen molar-refractivity contribution in [3.05, 3.63) is 140 Å². The van der Waals surface area contributed by atoms with Crippen molar-refractivity contribution in [2.45, 2.75) is 117 Å². The number of carbonyl (C=O) groups excluding carboxylic acids is 3. The molecule has 4 aromatic heterocycles. The molecule has 372 valence electrons. The number of β-amino-alcohol motifs (C(OH)–C–C–N with tert-alkyl or cyclic N) is 1. The molecule has 1 unspecified atom stereocenters. The molecule has 2 fully saturated rings. The van der Waals surface area contributed by atoms with Crippen molar-refractivity contribution in [1.82, 2.24) is 45.1 Å². The lowest BCUT2D eigenvalue weighted by Crippen LogP contribution is -2.49. The molecule has 1 saturated carbocycles. The lowest BCUT2D eigenvalue weighted by molar-refractivity contribution is -0.142. The van der Waals surface area contributed by atoms with E-state index >= 15 is 0 Å². The maximum absolute atomic E-state index is 14.4. The van der Waals surface area contributed by atoms with E-state index in [0.29, 0.717) is 29.4 Å². The molecule has 10 rings (SSSR count). The summed E-state index contributed by atoms with van der Waals surface area (Å²) in [5, 5.41) is 32.4. The van der Waals surface area contributed by atoms with Crippen molar-refractivity contribution in [3.8, 4) is 32.3 Å². The molecule has 72 heavy (non-hydrogen) atoms. The van der Waals surface area contributed by atoms with Gasteiger partial charge in [-0.15, -0.1) is 32.9 Å². The Hall–Kier alpha value is -6.53. The molecule has 3 aliphatic rings. The number of rotatable bonds is 14. The van der Waals surface area contributed by atoms with Crippen molar-refractivity contribution >= 4 is 57.7 Å². The molecule has 3 N–H and O–H groups in total. The molecule has 0 spiro atoms. The number of carbonyl (C=O) groups is 3. The third kappa shape index (κ3) is 9.74. The maximum Gasteiger partial charge on any atom is 0.248 e. The van der Waals surface area contributed by atoms with E-state index in [-0.39, 0.29) is 61.2 Å². The Bertz CT molecular complexity index is 3190. The van der Waals surface area contributed by atoms with Crippen molar-refractivity contribution < 1.29 is 24.2 Å². The minimum Gasteiger partial charge on any atom is -0.490 e. The highest BCUT2D eigenvalue weighted by Gasteiger charge is 2.43. The van der Waals surface area contributed by atoms with Crippen LogP contribution in [0.5, 0.6) is 5.75 Å². The van der Waals surface area contributed by atoms with E-state index in [1.54, 1.807) is 33.6 Å². The second-order valence-electron chi connectivity index (χ2n) is 19.5. The number of hydrogen-bond acceptors (Lipinski definition) is 12. The van der Waals surface area contributed by atoms with E-state index in [1.165, 1.54) is 9.78 Å². The van der Waals surface area contributed by atoms with Crippen LogP contribution in [0.25, 0.3) is 26.6 Å². The van der Waals surface area contributed by atoms with E-state index < -0.39 is 24.2 Å². The number of halogens is 1. The van der Waals surface area contributed by atoms with Crippen LogP contribution in [-0.4, -0.2) is 93.8 Å². The van der Waals surface area contributed by atoms with Gasteiger partial charge in [0.1, 0.15) is 40.8 Å². The fourth-order valence-corrected chi connectivity index (χ4v) is 12.2. The van der Waals surface area contributed by atoms with Crippen LogP contribution in [0.1, 0.15) is 109 Å². The van der Waals surface area contributed by atoms with Crippen LogP contribution in [0.3, 0.4) is 0 Å². The van der Waals surface area contributed by atoms with Gasteiger partial charge in [0, 0.05) is 64.6 Å². The number of aryl methyl sites for hydroxylation is 3. The second-order valence-corrected chi connectivity index (χ2v) is 22.0. The van der Waals surface area contributed by atoms with Crippen molar-refractivity contribution in [2.75, 3.05) is 6.54 Å². The van der Waals surface area contributed by atoms with Gasteiger partial charge in [-0.1, -0.05) is 74.0 Å². The van der Waals surface area contributed by atoms with Crippen molar-refractivity contribution in [3.63, 3.8) is 0 Å². The van der Waals surface area contributed by atoms with Gasteiger partial charge >= 0.3 is 0 Å². The first kappa shape index (κ1) is 49.1. The molecule has 1 aliphatic carbocycles. The number of benzene rings is 3. The van der Waals surface area contributed by atoms with E-state index in [4.69, 9.17) is 21.3 Å². The number of likely N-dealkylation sites (tertiary alicyclic amines) is 1. The Labute approximate surface area is 431 Å². The lowest BCUT2D eigenvalue weighted by Gasteiger charge is -2.36. The van der Waals surface area contributed by atoms with Crippen molar-refractivity contribution in [2.24, 2.45) is 10.9 Å². The zero-order chi connectivity index (χ0) is 50.5. The van der Waals surface area contributed by atoms with Crippen LogP contribution in [0, 0.1) is 33.6 Å². The zero-order valence-electron chi connectivity index (χ0n) is 41.2. The Morgan fingerprint density at radius 3 is 2.39 bits per heavy atom. The molecule has 2 aliphatic heterocycles. The summed E-state index contributed by atoms with van der Waals surface area (Å²) >= 11 is 9.55. The van der Waals surface area contributed by atoms with Crippen LogP contribution in [0.15, 0.2) is 95.7 Å². The summed E-state index contributed by atoms with van der Waals surface area (Å²) in [5.74, 6) is 1.16. The van der Waals surface area contributed by atoms with Gasteiger partial charge in [0.2, 0.25) is 17.7 Å². The molecule has 15 nitrogen and oxygen atoms in total. The first-order valence-electron chi connectivity index (χ1n) is 24.4. The summed E-state index contributed by atoms with van der Waals surface area (Å²) in [6.07, 6.45) is 4.18. The highest BCUT2D eigenvalue weighted by Crippen LogP contribution is 2.40. The van der Waals surface area contributed by atoms with Crippen LogP contribution in [-0.2, 0) is 14.4 Å². The van der Waals surface area contributed by atoms with Crippen LogP contribution >= 0.6 is 34.3 Å². The molecule has 3 aromatic carbocycles. The van der Waals surface area contributed by atoms with Gasteiger partial charge in [0.15, 0.2) is 5.82 Å². The molecule has 1 saturated heterocycles. The highest BCUT2D eigenvalue weighted by atomic mass is 35.5. The molecular formula is C54H57ClN10O5S2. The minimum absolute atomic E-state index is 0.0529. The number of nitrogens with zero attached hydrogens (tertiary/aromatic N) is 8. The van der Waals surface area contributed by atoms with E-state index in [1.807, 2.05) is 124 Å². The molecule has 18 heteroatoms. The van der Waals surface area contributed by atoms with Gasteiger partial charge in [-0.2, -0.15) is 5.10 Å². The number of hydrogen-bond donors (Lipinski definition) is 3. The van der Waals surface area contributed by atoms with Crippen molar-refractivity contribution in [1.29, 1.82) is 0 Å². The largest absolute Gasteiger partial charge is 0.490 e. The summed E-state index contributed by atoms with van der Waals surface area (Å²) < 4.78 is 10.1. The third-order valence-electron chi connectivity index (χ3n) is 14.1. The fourth-order valence-electron chi connectivity index (χ4n) is 10.0. The Morgan fingerprint density at radius 1 is 0.917 bits per heavy atom. The van der Waals surface area contributed by atoms with Crippen LogP contribution in [0.4, 0.5) is 0 Å².